The molecule has 2 aromatic carbocycles. The van der Waals surface area contributed by atoms with Gasteiger partial charge in [0.25, 0.3) is 0 Å². The number of rotatable bonds is 8. The van der Waals surface area contributed by atoms with Crippen molar-refractivity contribution in [2.24, 2.45) is 4.99 Å². The van der Waals surface area contributed by atoms with Gasteiger partial charge in [-0.25, -0.2) is 4.99 Å². The number of nitrogens with zero attached hydrogens (tertiary/aromatic N) is 4. The van der Waals surface area contributed by atoms with Crippen molar-refractivity contribution in [3.8, 4) is 11.4 Å². The number of halogens is 1. The van der Waals surface area contributed by atoms with Gasteiger partial charge >= 0.3 is 0 Å². The minimum absolute atomic E-state index is 0. The normalized spacial score (nSPS) is 10.9. The summed E-state index contributed by atoms with van der Waals surface area (Å²) in [4.78, 5) is 4.61. The fraction of sp³-hybridized carbons (Fsp3) is 0.286. The highest BCUT2D eigenvalue weighted by Crippen LogP contribution is 2.11. The van der Waals surface area contributed by atoms with Crippen LogP contribution in [0, 0.1) is 6.92 Å². The first-order valence-electron chi connectivity index (χ1n) is 9.42. The number of benzene rings is 2. The Labute approximate surface area is 188 Å². The Balaban J connectivity index is 0.00000300. The molecule has 1 heterocycles. The van der Waals surface area contributed by atoms with Gasteiger partial charge < -0.3 is 15.4 Å². The van der Waals surface area contributed by atoms with Gasteiger partial charge in [0.2, 0.25) is 0 Å². The maximum Gasteiger partial charge on any atom is 0.191 e. The van der Waals surface area contributed by atoms with E-state index >= 15 is 0 Å². The summed E-state index contributed by atoms with van der Waals surface area (Å²) in [6.07, 6.45) is 1.70. The fourth-order valence-corrected chi connectivity index (χ4v) is 2.64. The van der Waals surface area contributed by atoms with Gasteiger partial charge in [-0.1, -0.05) is 35.9 Å². The summed E-state index contributed by atoms with van der Waals surface area (Å²) in [5, 5.41) is 14.7. The molecule has 8 heteroatoms. The Morgan fingerprint density at radius 2 is 1.83 bits per heavy atom. The molecule has 0 fully saturated rings. The van der Waals surface area contributed by atoms with Crippen LogP contribution in [0.2, 0.25) is 0 Å². The third-order valence-corrected chi connectivity index (χ3v) is 4.06. The van der Waals surface area contributed by atoms with E-state index in [2.05, 4.69) is 32.7 Å². The van der Waals surface area contributed by atoms with Crippen LogP contribution < -0.4 is 15.4 Å². The third kappa shape index (κ3) is 7.04. The largest absolute Gasteiger partial charge is 0.492 e. The highest BCUT2D eigenvalue weighted by molar-refractivity contribution is 14.0. The van der Waals surface area contributed by atoms with E-state index in [1.165, 1.54) is 5.56 Å². The second-order valence-corrected chi connectivity index (χ2v) is 6.24. The zero-order valence-corrected chi connectivity index (χ0v) is 19.0. The molecule has 0 aliphatic rings. The van der Waals surface area contributed by atoms with Crippen molar-refractivity contribution < 1.29 is 4.74 Å². The van der Waals surface area contributed by atoms with Crippen molar-refractivity contribution in [1.29, 1.82) is 0 Å². The van der Waals surface area contributed by atoms with Crippen molar-refractivity contribution >= 4 is 29.9 Å². The molecule has 0 aliphatic carbocycles. The van der Waals surface area contributed by atoms with E-state index in [-0.39, 0.29) is 24.0 Å². The lowest BCUT2D eigenvalue weighted by Gasteiger charge is -2.12. The molecule has 0 spiro atoms. The van der Waals surface area contributed by atoms with E-state index in [0.29, 0.717) is 19.7 Å². The van der Waals surface area contributed by atoms with Crippen LogP contribution in [-0.4, -0.2) is 40.4 Å². The standard InChI is InChI=1S/C21H26N6O.HI/c1-3-22-21(23-13-14-28-19-11-9-17(2)10-12-19)24-15-20-26-25-16-27(20)18-7-5-4-6-8-18;/h4-12,16H,3,13-15H2,1-2H3,(H2,22,23,24);1H. The lowest BCUT2D eigenvalue weighted by atomic mass is 10.2. The zero-order valence-electron chi connectivity index (χ0n) is 16.7. The van der Waals surface area contributed by atoms with E-state index in [1.807, 2.05) is 66.1 Å². The summed E-state index contributed by atoms with van der Waals surface area (Å²) in [6.45, 7) is 6.48. The summed E-state index contributed by atoms with van der Waals surface area (Å²) in [5.41, 5.74) is 2.23. The van der Waals surface area contributed by atoms with E-state index in [0.717, 1.165) is 29.8 Å². The number of guanidine groups is 1. The number of hydrogen-bond donors (Lipinski definition) is 2. The number of aryl methyl sites for hydroxylation is 1. The summed E-state index contributed by atoms with van der Waals surface area (Å²) in [6, 6.07) is 18.0. The quantitative estimate of drug-likeness (QED) is 0.212. The number of ether oxygens (including phenoxy) is 1. The van der Waals surface area contributed by atoms with E-state index in [1.54, 1.807) is 6.33 Å². The SMILES string of the molecule is CCNC(=NCc1nncn1-c1ccccc1)NCCOc1ccc(C)cc1.I. The highest BCUT2D eigenvalue weighted by atomic mass is 127. The average molecular weight is 506 g/mol. The smallest absolute Gasteiger partial charge is 0.191 e. The Morgan fingerprint density at radius 3 is 2.55 bits per heavy atom. The molecular weight excluding hydrogens is 479 g/mol. The molecule has 0 bridgehead atoms. The van der Waals surface area contributed by atoms with Crippen molar-refractivity contribution in [3.63, 3.8) is 0 Å². The summed E-state index contributed by atoms with van der Waals surface area (Å²) >= 11 is 0. The van der Waals surface area contributed by atoms with Crippen molar-refractivity contribution in [3.05, 3.63) is 72.3 Å². The van der Waals surface area contributed by atoms with Gasteiger partial charge in [-0.3, -0.25) is 4.57 Å². The minimum Gasteiger partial charge on any atom is -0.492 e. The number of hydrogen-bond acceptors (Lipinski definition) is 4. The fourth-order valence-electron chi connectivity index (χ4n) is 2.64. The second kappa shape index (κ2) is 12.1. The summed E-state index contributed by atoms with van der Waals surface area (Å²) in [5.74, 6) is 2.36. The first-order valence-corrected chi connectivity index (χ1v) is 9.42. The number of nitrogens with one attached hydrogen (secondary N) is 2. The van der Waals surface area contributed by atoms with Crippen LogP contribution in [0.4, 0.5) is 0 Å². The molecule has 3 aromatic rings. The number of aliphatic imine (C=N–C) groups is 1. The molecular formula is C21H27IN6O. The zero-order chi connectivity index (χ0) is 19.6. The molecule has 0 atom stereocenters. The van der Waals surface area contributed by atoms with E-state index in [9.17, 15) is 0 Å². The Bertz CT molecular complexity index is 880. The maximum atomic E-state index is 5.75. The van der Waals surface area contributed by atoms with Gasteiger partial charge in [-0.2, -0.15) is 0 Å². The van der Waals surface area contributed by atoms with Crippen LogP contribution >= 0.6 is 24.0 Å². The van der Waals surface area contributed by atoms with Crippen LogP contribution in [0.25, 0.3) is 5.69 Å². The predicted molar refractivity (Wildman–Crippen MR) is 126 cm³/mol. The Kier molecular flexibility index (Phi) is 9.42. The molecule has 0 radical (unpaired) electrons. The van der Waals surface area contributed by atoms with Gasteiger partial charge in [-0.05, 0) is 38.1 Å². The monoisotopic (exact) mass is 506 g/mol. The van der Waals surface area contributed by atoms with Crippen LogP contribution in [-0.2, 0) is 6.54 Å². The van der Waals surface area contributed by atoms with Crippen LogP contribution in [0.1, 0.15) is 18.3 Å². The van der Waals surface area contributed by atoms with Crippen LogP contribution in [0.5, 0.6) is 5.75 Å². The van der Waals surface area contributed by atoms with Crippen LogP contribution in [0.3, 0.4) is 0 Å². The van der Waals surface area contributed by atoms with E-state index in [4.69, 9.17) is 4.74 Å². The first kappa shape index (κ1) is 22.7. The first-order chi connectivity index (χ1) is 13.8. The second-order valence-electron chi connectivity index (χ2n) is 6.24. The average Bonchev–Trinajstić information content (AvgIpc) is 3.20. The number of aromatic nitrogens is 3. The summed E-state index contributed by atoms with van der Waals surface area (Å²) in [7, 11) is 0. The molecule has 29 heavy (non-hydrogen) atoms. The molecule has 0 amide bonds. The maximum absolute atomic E-state index is 5.75. The van der Waals surface area contributed by atoms with Gasteiger partial charge in [0.1, 0.15) is 25.2 Å². The lowest BCUT2D eigenvalue weighted by molar-refractivity contribution is 0.322. The summed E-state index contributed by atoms with van der Waals surface area (Å²) < 4.78 is 7.68. The highest BCUT2D eigenvalue weighted by Gasteiger charge is 2.06. The van der Waals surface area contributed by atoms with Gasteiger partial charge in [0.05, 0.1) is 6.54 Å². The van der Waals surface area contributed by atoms with E-state index < -0.39 is 0 Å². The number of para-hydroxylation sites is 1. The molecule has 2 N–H and O–H groups in total. The predicted octanol–water partition coefficient (Wildman–Crippen LogP) is 3.33. The van der Waals surface area contributed by atoms with Gasteiger partial charge in [0, 0.05) is 12.2 Å². The van der Waals surface area contributed by atoms with Crippen molar-refractivity contribution in [1.82, 2.24) is 25.4 Å². The topological polar surface area (TPSA) is 76.4 Å². The molecule has 0 aliphatic heterocycles. The molecule has 7 nitrogen and oxygen atoms in total. The van der Waals surface area contributed by atoms with Gasteiger partial charge in [-0.15, -0.1) is 34.2 Å². The van der Waals surface area contributed by atoms with Crippen molar-refractivity contribution in [2.45, 2.75) is 20.4 Å². The van der Waals surface area contributed by atoms with Crippen molar-refractivity contribution in [2.75, 3.05) is 19.7 Å². The Morgan fingerprint density at radius 1 is 1.07 bits per heavy atom. The molecule has 154 valence electrons. The lowest BCUT2D eigenvalue weighted by Crippen LogP contribution is -2.39. The molecule has 3 rings (SSSR count). The third-order valence-electron chi connectivity index (χ3n) is 4.06. The molecule has 1 aromatic heterocycles. The molecule has 0 saturated carbocycles. The molecule has 0 unspecified atom stereocenters. The Hall–Kier alpha value is -2.62. The van der Waals surface area contributed by atoms with Crippen LogP contribution in [0.15, 0.2) is 65.9 Å². The minimum atomic E-state index is 0. The van der Waals surface area contributed by atoms with Gasteiger partial charge in [0.15, 0.2) is 11.8 Å². The molecule has 0 saturated heterocycles.